The van der Waals surface area contributed by atoms with E-state index in [4.69, 9.17) is 4.42 Å². The topological polar surface area (TPSA) is 77.7 Å². The Morgan fingerprint density at radius 3 is 2.48 bits per heavy atom. The van der Waals surface area contributed by atoms with Gasteiger partial charge in [0.15, 0.2) is 0 Å². The molecule has 1 saturated heterocycles. The Balaban J connectivity index is 1.82. The molecule has 0 spiro atoms. The lowest BCUT2D eigenvalue weighted by Crippen LogP contribution is -2.50. The van der Waals surface area contributed by atoms with E-state index in [0.29, 0.717) is 31.0 Å². The van der Waals surface area contributed by atoms with Crippen LogP contribution >= 0.6 is 0 Å². The molecule has 1 aliphatic heterocycles. The van der Waals surface area contributed by atoms with Crippen LogP contribution in [0.5, 0.6) is 0 Å². The first-order valence-electron chi connectivity index (χ1n) is 7.59. The van der Waals surface area contributed by atoms with E-state index in [0.717, 1.165) is 26.2 Å². The Hall–Kier alpha value is -1.18. The number of hydrogen-bond acceptors (Lipinski definition) is 7. The zero-order valence-electron chi connectivity index (χ0n) is 13.5. The van der Waals surface area contributed by atoms with E-state index in [9.17, 15) is 5.11 Å². The molecule has 1 aromatic rings. The van der Waals surface area contributed by atoms with Crippen molar-refractivity contribution in [1.82, 2.24) is 20.4 Å². The summed E-state index contributed by atoms with van der Waals surface area (Å²) < 4.78 is 5.68. The smallest absolute Gasteiger partial charge is 0.318 e. The summed E-state index contributed by atoms with van der Waals surface area (Å²) in [4.78, 5) is 4.36. The maximum absolute atomic E-state index is 9.86. The van der Waals surface area contributed by atoms with E-state index in [2.05, 4.69) is 39.2 Å². The minimum absolute atomic E-state index is 0.394. The summed E-state index contributed by atoms with van der Waals surface area (Å²) in [5, 5.41) is 21.3. The zero-order valence-corrected chi connectivity index (χ0v) is 13.5. The van der Waals surface area contributed by atoms with Crippen LogP contribution in [-0.2, 0) is 6.54 Å². The van der Waals surface area contributed by atoms with Crippen molar-refractivity contribution in [2.45, 2.75) is 45.9 Å². The maximum atomic E-state index is 9.86. The fourth-order valence-corrected chi connectivity index (χ4v) is 2.38. The molecule has 0 atom stereocenters. The number of aromatic nitrogens is 2. The lowest BCUT2D eigenvalue weighted by molar-refractivity contribution is 0.0342. The number of anilines is 1. The summed E-state index contributed by atoms with van der Waals surface area (Å²) in [6.07, 6.45) is 0. The predicted molar refractivity (Wildman–Crippen MR) is 81.2 cm³/mol. The monoisotopic (exact) mass is 297 g/mol. The second kappa shape index (κ2) is 6.72. The molecular formula is C14H27N5O2. The van der Waals surface area contributed by atoms with Crippen LogP contribution in [0.4, 0.5) is 6.01 Å². The highest BCUT2D eigenvalue weighted by Crippen LogP contribution is 2.16. The van der Waals surface area contributed by atoms with Crippen molar-refractivity contribution in [3.8, 4) is 0 Å². The van der Waals surface area contributed by atoms with Crippen molar-refractivity contribution in [3.05, 3.63) is 5.89 Å². The first kappa shape index (κ1) is 16.2. The standard InChI is InChI=1S/C14H27N5O2/c1-11(2)15-9-12-16-17-13(21-12)19-7-5-18(6-8-19)10-14(3,4)20/h11,15,20H,5-10H2,1-4H3. The molecule has 21 heavy (non-hydrogen) atoms. The Morgan fingerprint density at radius 2 is 1.90 bits per heavy atom. The van der Waals surface area contributed by atoms with Gasteiger partial charge in [-0.2, -0.15) is 0 Å². The van der Waals surface area contributed by atoms with Gasteiger partial charge in [-0.15, -0.1) is 5.10 Å². The van der Waals surface area contributed by atoms with Crippen LogP contribution in [0.2, 0.25) is 0 Å². The van der Waals surface area contributed by atoms with Crippen molar-refractivity contribution in [2.75, 3.05) is 37.6 Å². The molecule has 0 radical (unpaired) electrons. The first-order chi connectivity index (χ1) is 9.83. The van der Waals surface area contributed by atoms with Gasteiger partial charge in [0.1, 0.15) is 0 Å². The number of aliphatic hydroxyl groups is 1. The minimum atomic E-state index is -0.650. The fourth-order valence-electron chi connectivity index (χ4n) is 2.38. The number of β-amino-alcohol motifs (C(OH)–C–C–N with tert-alkyl or cyclic N) is 1. The van der Waals surface area contributed by atoms with Crippen LogP contribution in [0, 0.1) is 0 Å². The number of hydrogen-bond donors (Lipinski definition) is 2. The second-order valence-electron chi connectivity index (χ2n) is 6.59. The molecule has 1 aliphatic rings. The average Bonchev–Trinajstić information content (AvgIpc) is 2.84. The summed E-state index contributed by atoms with van der Waals surface area (Å²) in [6, 6.07) is 0.990. The molecule has 0 aliphatic carbocycles. The van der Waals surface area contributed by atoms with Crippen LogP contribution in [0.3, 0.4) is 0 Å². The summed E-state index contributed by atoms with van der Waals surface area (Å²) in [7, 11) is 0. The molecule has 0 amide bonds. The zero-order chi connectivity index (χ0) is 15.5. The van der Waals surface area contributed by atoms with E-state index in [1.165, 1.54) is 0 Å². The molecule has 0 bridgehead atoms. The third-order valence-corrected chi connectivity index (χ3v) is 3.37. The van der Waals surface area contributed by atoms with Gasteiger partial charge < -0.3 is 19.7 Å². The van der Waals surface area contributed by atoms with Crippen molar-refractivity contribution in [2.24, 2.45) is 0 Å². The van der Waals surface area contributed by atoms with E-state index < -0.39 is 5.60 Å². The molecule has 0 unspecified atom stereocenters. The first-order valence-corrected chi connectivity index (χ1v) is 7.59. The van der Waals surface area contributed by atoms with E-state index >= 15 is 0 Å². The largest absolute Gasteiger partial charge is 0.407 e. The van der Waals surface area contributed by atoms with Crippen LogP contribution < -0.4 is 10.2 Å². The Bertz CT molecular complexity index is 433. The van der Waals surface area contributed by atoms with Crippen molar-refractivity contribution in [3.63, 3.8) is 0 Å². The van der Waals surface area contributed by atoms with Gasteiger partial charge in [-0.05, 0) is 13.8 Å². The van der Waals surface area contributed by atoms with Crippen molar-refractivity contribution in [1.29, 1.82) is 0 Å². The van der Waals surface area contributed by atoms with Gasteiger partial charge in [-0.25, -0.2) is 0 Å². The second-order valence-corrected chi connectivity index (χ2v) is 6.59. The highest BCUT2D eigenvalue weighted by Gasteiger charge is 2.25. The van der Waals surface area contributed by atoms with Crippen molar-refractivity contribution >= 4 is 6.01 Å². The molecule has 0 saturated carbocycles. The third kappa shape index (κ3) is 5.26. The summed E-state index contributed by atoms with van der Waals surface area (Å²) in [6.45, 7) is 12.6. The predicted octanol–water partition coefficient (Wildman–Crippen LogP) is 0.461. The van der Waals surface area contributed by atoms with Gasteiger partial charge in [-0.3, -0.25) is 4.90 Å². The summed E-state index contributed by atoms with van der Waals surface area (Å²) >= 11 is 0. The average molecular weight is 297 g/mol. The molecule has 7 heteroatoms. The molecular weight excluding hydrogens is 270 g/mol. The molecule has 1 fully saturated rings. The highest BCUT2D eigenvalue weighted by molar-refractivity contribution is 5.25. The van der Waals surface area contributed by atoms with E-state index in [-0.39, 0.29) is 0 Å². The van der Waals surface area contributed by atoms with E-state index in [1.807, 2.05) is 13.8 Å². The van der Waals surface area contributed by atoms with Gasteiger partial charge in [0.25, 0.3) is 0 Å². The molecule has 120 valence electrons. The van der Waals surface area contributed by atoms with Gasteiger partial charge in [0.05, 0.1) is 12.1 Å². The van der Waals surface area contributed by atoms with Gasteiger partial charge in [0.2, 0.25) is 5.89 Å². The summed E-state index contributed by atoms with van der Waals surface area (Å²) in [5.41, 5.74) is -0.650. The van der Waals surface area contributed by atoms with Crippen LogP contribution in [0.1, 0.15) is 33.6 Å². The Labute approximate surface area is 126 Å². The molecule has 7 nitrogen and oxygen atoms in total. The fraction of sp³-hybridized carbons (Fsp3) is 0.857. The quantitative estimate of drug-likeness (QED) is 0.790. The van der Waals surface area contributed by atoms with Crippen LogP contribution in [0.25, 0.3) is 0 Å². The molecule has 1 aromatic heterocycles. The molecule has 2 rings (SSSR count). The van der Waals surface area contributed by atoms with Gasteiger partial charge in [-0.1, -0.05) is 18.9 Å². The Morgan fingerprint density at radius 1 is 1.24 bits per heavy atom. The third-order valence-electron chi connectivity index (χ3n) is 3.37. The maximum Gasteiger partial charge on any atom is 0.318 e. The van der Waals surface area contributed by atoms with Gasteiger partial charge >= 0.3 is 6.01 Å². The number of rotatable bonds is 6. The lowest BCUT2D eigenvalue weighted by atomic mass is 10.1. The number of piperazine rings is 1. The van der Waals surface area contributed by atoms with Crippen LogP contribution in [0.15, 0.2) is 4.42 Å². The normalized spacial score (nSPS) is 17.7. The molecule has 2 heterocycles. The SMILES string of the molecule is CC(C)NCc1nnc(N2CCN(CC(C)(C)O)CC2)o1. The van der Waals surface area contributed by atoms with E-state index in [1.54, 1.807) is 0 Å². The minimum Gasteiger partial charge on any atom is -0.407 e. The molecule has 0 aromatic carbocycles. The van der Waals surface area contributed by atoms with Crippen LogP contribution in [-0.4, -0.2) is 64.6 Å². The lowest BCUT2D eigenvalue weighted by Gasteiger charge is -2.36. The number of nitrogens with one attached hydrogen (secondary N) is 1. The van der Waals surface area contributed by atoms with Gasteiger partial charge in [0, 0.05) is 38.8 Å². The highest BCUT2D eigenvalue weighted by atomic mass is 16.4. The Kier molecular flexibility index (Phi) is 5.18. The molecule has 2 N–H and O–H groups in total. The number of nitrogens with zero attached hydrogens (tertiary/aromatic N) is 4. The van der Waals surface area contributed by atoms with Crippen molar-refractivity contribution < 1.29 is 9.52 Å². The summed E-state index contributed by atoms with van der Waals surface area (Å²) in [5.74, 6) is 0.623.